The second kappa shape index (κ2) is 8.98. The highest BCUT2D eigenvalue weighted by atomic mass is 35.5. The topological polar surface area (TPSA) is 70.5 Å². The third kappa shape index (κ3) is 4.71. The minimum atomic E-state index is -0.959. The highest BCUT2D eigenvalue weighted by Gasteiger charge is 2.37. The molecule has 1 unspecified atom stereocenters. The fraction of sp³-hybridized carbons (Fsp3) is 0.261. The number of carbonyl (C=O) groups excluding carboxylic acids is 1. The summed E-state index contributed by atoms with van der Waals surface area (Å²) in [5.74, 6) is -1.93. The number of hydrogen-bond donors (Lipinski definition) is 1. The molecular formula is C23H21ClN2O3S. The maximum Gasteiger partial charge on any atom is 0.307 e. The van der Waals surface area contributed by atoms with E-state index in [1.54, 1.807) is 11.0 Å². The third-order valence-electron chi connectivity index (χ3n) is 5.12. The molecule has 4 rings (SSSR count). The molecule has 0 radical (unpaired) electrons. The number of amides is 1. The van der Waals surface area contributed by atoms with Crippen molar-refractivity contribution in [3.8, 4) is 11.3 Å². The molecule has 7 heteroatoms. The van der Waals surface area contributed by atoms with Gasteiger partial charge in [-0.05, 0) is 30.9 Å². The molecule has 1 fully saturated rings. The standard InChI is InChI=1S/C23H21ClN2O3S/c24-19-9-5-4-8-18(19)20-14-30-23(25-20)26(17-10-11-17)21(27)13-16(22(28)29)12-15-6-2-1-3-7-15/h1-9,14,16-17H,10-13H2,(H,28,29). The summed E-state index contributed by atoms with van der Waals surface area (Å²) >= 11 is 7.67. The molecular weight excluding hydrogens is 420 g/mol. The SMILES string of the molecule is O=C(O)C(CC(=O)N(c1nc(-c2ccccc2Cl)cs1)C1CC1)Cc1ccccc1. The Morgan fingerprint density at radius 3 is 2.50 bits per heavy atom. The van der Waals surface area contributed by atoms with Crippen LogP contribution in [0.5, 0.6) is 0 Å². The lowest BCUT2D eigenvalue weighted by atomic mass is 9.95. The fourth-order valence-corrected chi connectivity index (χ4v) is 4.57. The Hall–Kier alpha value is -2.70. The smallest absolute Gasteiger partial charge is 0.307 e. The van der Waals surface area contributed by atoms with E-state index < -0.39 is 11.9 Å². The van der Waals surface area contributed by atoms with E-state index in [0.717, 1.165) is 29.7 Å². The van der Waals surface area contributed by atoms with Crippen molar-refractivity contribution < 1.29 is 14.7 Å². The molecule has 1 aromatic heterocycles. The van der Waals surface area contributed by atoms with Crippen LogP contribution in [0.1, 0.15) is 24.8 Å². The van der Waals surface area contributed by atoms with E-state index in [0.29, 0.717) is 16.6 Å². The van der Waals surface area contributed by atoms with Gasteiger partial charge in [-0.3, -0.25) is 14.5 Å². The summed E-state index contributed by atoms with van der Waals surface area (Å²) in [7, 11) is 0. The number of carboxylic acids is 1. The van der Waals surface area contributed by atoms with Crippen LogP contribution in [0, 0.1) is 5.92 Å². The van der Waals surface area contributed by atoms with E-state index in [2.05, 4.69) is 4.98 Å². The fourth-order valence-electron chi connectivity index (χ4n) is 3.42. The molecule has 0 aliphatic heterocycles. The maximum absolute atomic E-state index is 13.1. The van der Waals surface area contributed by atoms with Crippen molar-refractivity contribution >= 4 is 39.9 Å². The first-order valence-electron chi connectivity index (χ1n) is 9.82. The van der Waals surface area contributed by atoms with E-state index in [1.165, 1.54) is 11.3 Å². The summed E-state index contributed by atoms with van der Waals surface area (Å²) < 4.78 is 0. The number of nitrogens with zero attached hydrogens (tertiary/aromatic N) is 2. The summed E-state index contributed by atoms with van der Waals surface area (Å²) in [4.78, 5) is 31.3. The van der Waals surface area contributed by atoms with Gasteiger partial charge in [-0.2, -0.15) is 0 Å². The Labute approximate surface area is 183 Å². The number of benzene rings is 2. The van der Waals surface area contributed by atoms with Gasteiger partial charge in [0.05, 0.1) is 11.6 Å². The monoisotopic (exact) mass is 440 g/mol. The van der Waals surface area contributed by atoms with Gasteiger partial charge in [0.15, 0.2) is 5.13 Å². The van der Waals surface area contributed by atoms with E-state index >= 15 is 0 Å². The zero-order valence-corrected chi connectivity index (χ0v) is 17.8. The Bertz CT molecular complexity index is 1050. The van der Waals surface area contributed by atoms with Crippen LogP contribution in [0.15, 0.2) is 60.0 Å². The molecule has 1 aliphatic carbocycles. The van der Waals surface area contributed by atoms with Crippen molar-refractivity contribution in [3.05, 3.63) is 70.6 Å². The first-order chi connectivity index (χ1) is 14.5. The van der Waals surface area contributed by atoms with E-state index in [9.17, 15) is 14.7 Å². The number of hydrogen-bond acceptors (Lipinski definition) is 4. The molecule has 1 amide bonds. The lowest BCUT2D eigenvalue weighted by Crippen LogP contribution is -2.36. The van der Waals surface area contributed by atoms with Crippen molar-refractivity contribution in [1.82, 2.24) is 4.98 Å². The van der Waals surface area contributed by atoms with Crippen molar-refractivity contribution in [2.75, 3.05) is 4.90 Å². The number of carboxylic acid groups (broad SMARTS) is 1. The summed E-state index contributed by atoms with van der Waals surface area (Å²) in [5, 5.41) is 12.8. The zero-order valence-electron chi connectivity index (χ0n) is 16.2. The van der Waals surface area contributed by atoms with E-state index in [-0.39, 0.29) is 18.4 Å². The summed E-state index contributed by atoms with van der Waals surface area (Å²) in [6.07, 6.45) is 2.08. The largest absolute Gasteiger partial charge is 0.481 e. The van der Waals surface area contributed by atoms with Gasteiger partial charge in [0.2, 0.25) is 5.91 Å². The molecule has 1 saturated carbocycles. The Balaban J connectivity index is 1.53. The molecule has 0 saturated heterocycles. The van der Waals surface area contributed by atoms with Gasteiger partial charge in [0.1, 0.15) is 0 Å². The average molecular weight is 441 g/mol. The van der Waals surface area contributed by atoms with Gasteiger partial charge < -0.3 is 5.11 Å². The summed E-state index contributed by atoms with van der Waals surface area (Å²) in [5.41, 5.74) is 2.45. The third-order valence-corrected chi connectivity index (χ3v) is 6.29. The molecule has 2 aromatic carbocycles. The average Bonchev–Trinajstić information content (AvgIpc) is 3.45. The number of thiazole rings is 1. The van der Waals surface area contributed by atoms with Crippen LogP contribution in [0.4, 0.5) is 5.13 Å². The molecule has 5 nitrogen and oxygen atoms in total. The number of rotatable bonds is 8. The van der Waals surface area contributed by atoms with E-state index in [4.69, 9.17) is 11.6 Å². The first kappa shape index (κ1) is 20.6. The van der Waals surface area contributed by atoms with Gasteiger partial charge in [-0.1, -0.05) is 60.1 Å². The number of aromatic nitrogens is 1. The molecule has 0 bridgehead atoms. The second-order valence-electron chi connectivity index (χ2n) is 7.42. The molecule has 0 spiro atoms. The lowest BCUT2D eigenvalue weighted by molar-refractivity contribution is -0.143. The van der Waals surface area contributed by atoms with E-state index in [1.807, 2.05) is 53.9 Å². The van der Waals surface area contributed by atoms with Crippen molar-refractivity contribution in [1.29, 1.82) is 0 Å². The van der Waals surface area contributed by atoms with Gasteiger partial charge in [0.25, 0.3) is 0 Å². The van der Waals surface area contributed by atoms with Crippen LogP contribution in [-0.2, 0) is 16.0 Å². The van der Waals surface area contributed by atoms with Crippen LogP contribution in [0.2, 0.25) is 5.02 Å². The molecule has 1 atom stereocenters. The Morgan fingerprint density at radius 1 is 1.13 bits per heavy atom. The second-order valence-corrected chi connectivity index (χ2v) is 8.66. The lowest BCUT2D eigenvalue weighted by Gasteiger charge is -2.21. The Kier molecular flexibility index (Phi) is 6.16. The number of halogens is 1. The minimum Gasteiger partial charge on any atom is -0.481 e. The van der Waals surface area contributed by atoms with Crippen molar-refractivity contribution in [3.63, 3.8) is 0 Å². The highest BCUT2D eigenvalue weighted by Crippen LogP contribution is 2.37. The van der Waals surface area contributed by atoms with Crippen molar-refractivity contribution in [2.24, 2.45) is 5.92 Å². The zero-order chi connectivity index (χ0) is 21.1. The Morgan fingerprint density at radius 2 is 1.83 bits per heavy atom. The molecule has 154 valence electrons. The molecule has 1 aliphatic rings. The normalized spacial score (nSPS) is 14.3. The van der Waals surface area contributed by atoms with Crippen LogP contribution >= 0.6 is 22.9 Å². The minimum absolute atomic E-state index is 0.0538. The van der Waals surface area contributed by atoms with Crippen LogP contribution in [0.25, 0.3) is 11.3 Å². The van der Waals surface area contributed by atoms with Gasteiger partial charge in [-0.25, -0.2) is 4.98 Å². The van der Waals surface area contributed by atoms with Crippen LogP contribution in [-0.4, -0.2) is 28.0 Å². The van der Waals surface area contributed by atoms with Crippen LogP contribution in [0.3, 0.4) is 0 Å². The number of aliphatic carboxylic acids is 1. The number of carbonyl (C=O) groups is 2. The van der Waals surface area contributed by atoms with Crippen LogP contribution < -0.4 is 4.90 Å². The predicted octanol–water partition coefficient (Wildman–Crippen LogP) is 5.29. The van der Waals surface area contributed by atoms with Gasteiger partial charge in [-0.15, -0.1) is 11.3 Å². The number of anilines is 1. The van der Waals surface area contributed by atoms with Crippen molar-refractivity contribution in [2.45, 2.75) is 31.7 Å². The predicted molar refractivity (Wildman–Crippen MR) is 119 cm³/mol. The molecule has 3 aromatic rings. The summed E-state index contributed by atoms with van der Waals surface area (Å²) in [6.45, 7) is 0. The van der Waals surface area contributed by atoms with Gasteiger partial charge in [0, 0.05) is 28.4 Å². The summed E-state index contributed by atoms with van der Waals surface area (Å²) in [6, 6.07) is 16.9. The highest BCUT2D eigenvalue weighted by molar-refractivity contribution is 7.14. The van der Waals surface area contributed by atoms with Gasteiger partial charge >= 0.3 is 5.97 Å². The first-order valence-corrected chi connectivity index (χ1v) is 11.1. The molecule has 1 heterocycles. The maximum atomic E-state index is 13.1. The molecule has 1 N–H and O–H groups in total. The quantitative estimate of drug-likeness (QED) is 0.516. The molecule has 30 heavy (non-hydrogen) atoms.